The Bertz CT molecular complexity index is 1870. The smallest absolute Gasteiger partial charge is 0.329 e. The minimum atomic E-state index is -0.927. The molecule has 3 heterocycles. The number of esters is 1. The van der Waals surface area contributed by atoms with Crippen LogP contribution >= 0.6 is 11.6 Å². The number of halogens is 1. The molecule has 5 rings (SSSR count). The quantitative estimate of drug-likeness (QED) is 0.0617. The van der Waals surface area contributed by atoms with Crippen molar-refractivity contribution >= 4 is 46.5 Å². The maximum atomic E-state index is 12.5. The van der Waals surface area contributed by atoms with Gasteiger partial charge in [0.1, 0.15) is 6.04 Å². The number of nitrogen functional groups attached to an aromatic ring is 1. The van der Waals surface area contributed by atoms with Crippen molar-refractivity contribution in [2.45, 2.75) is 12.5 Å². The number of carbonyl (C=O) groups is 3. The number of fused-ring (bicyclic) bond motifs is 1. The molecule has 2 aromatic carbocycles. The molecule has 3 aromatic heterocycles. The van der Waals surface area contributed by atoms with Gasteiger partial charge in [-0.1, -0.05) is 35.6 Å². The summed E-state index contributed by atoms with van der Waals surface area (Å²) in [6.07, 6.45) is 6.98. The molecule has 0 saturated heterocycles. The Balaban J connectivity index is 1.37. The minimum absolute atomic E-state index is 0.175. The van der Waals surface area contributed by atoms with Gasteiger partial charge in [-0.2, -0.15) is 0 Å². The van der Waals surface area contributed by atoms with Crippen molar-refractivity contribution in [3.63, 3.8) is 0 Å². The Morgan fingerprint density at radius 3 is 2.60 bits per heavy atom. The fraction of sp³-hybridized carbons (Fsp3) is 0.0968. The molecule has 0 aliphatic heterocycles. The summed E-state index contributed by atoms with van der Waals surface area (Å²) in [7, 11) is 1.26. The van der Waals surface area contributed by atoms with Gasteiger partial charge in [0.05, 0.1) is 35.2 Å². The lowest BCUT2D eigenvalue weighted by Crippen LogP contribution is -2.43. The van der Waals surface area contributed by atoms with E-state index in [1.807, 2.05) is 24.3 Å². The first kappa shape index (κ1) is 28.9. The summed E-state index contributed by atoms with van der Waals surface area (Å²) < 4.78 is 4.93. The zero-order valence-electron chi connectivity index (χ0n) is 22.7. The Morgan fingerprint density at radius 2 is 1.93 bits per heavy atom. The van der Waals surface area contributed by atoms with Crippen molar-refractivity contribution in [3.05, 3.63) is 107 Å². The number of pyridine rings is 2. The van der Waals surface area contributed by atoms with Crippen molar-refractivity contribution in [1.82, 2.24) is 25.4 Å². The molecule has 1 atom stereocenters. The van der Waals surface area contributed by atoms with Crippen molar-refractivity contribution in [3.8, 4) is 23.1 Å². The molecule has 12 heteroatoms. The molecule has 0 fully saturated rings. The second kappa shape index (κ2) is 12.9. The summed E-state index contributed by atoms with van der Waals surface area (Å²) in [6, 6.07) is 14.7. The molecule has 1 unspecified atom stereocenters. The van der Waals surface area contributed by atoms with Gasteiger partial charge in [-0.25, -0.2) is 20.6 Å². The number of aromatic amines is 1. The number of carbonyl (C=O) groups excluding carboxylic acids is 3. The molecule has 2 amide bonds. The van der Waals surface area contributed by atoms with Crippen LogP contribution in [0.4, 0.5) is 5.69 Å². The van der Waals surface area contributed by atoms with Gasteiger partial charge in [0.2, 0.25) is 6.41 Å². The molecule has 0 radical (unpaired) electrons. The van der Waals surface area contributed by atoms with Gasteiger partial charge in [0.15, 0.2) is 0 Å². The van der Waals surface area contributed by atoms with E-state index in [0.717, 1.165) is 5.56 Å². The molecule has 43 heavy (non-hydrogen) atoms. The van der Waals surface area contributed by atoms with E-state index in [-0.39, 0.29) is 6.42 Å². The number of hydrogen-bond acceptors (Lipinski definition) is 8. The molecule has 0 spiro atoms. The van der Waals surface area contributed by atoms with E-state index < -0.39 is 17.9 Å². The molecule has 11 nitrogen and oxygen atoms in total. The van der Waals surface area contributed by atoms with Crippen LogP contribution in [0.2, 0.25) is 5.02 Å². The van der Waals surface area contributed by atoms with Gasteiger partial charge in [-0.05, 0) is 42.5 Å². The number of nitrogens with zero attached hydrogens (tertiary/aromatic N) is 4. The zero-order valence-corrected chi connectivity index (χ0v) is 23.5. The first-order chi connectivity index (χ1) is 20.9. The predicted molar refractivity (Wildman–Crippen MR) is 161 cm³/mol. The van der Waals surface area contributed by atoms with E-state index in [9.17, 15) is 14.4 Å². The molecule has 4 N–H and O–H groups in total. The zero-order chi connectivity index (χ0) is 30.3. The number of nitrogens with one attached hydrogen (secondary N) is 2. The number of aromatic nitrogens is 4. The first-order valence-electron chi connectivity index (χ1n) is 12.9. The molecular weight excluding hydrogens is 570 g/mol. The molecule has 0 bridgehead atoms. The van der Waals surface area contributed by atoms with Gasteiger partial charge in [-0.3, -0.25) is 20.0 Å². The van der Waals surface area contributed by atoms with Crippen molar-refractivity contribution < 1.29 is 19.1 Å². The first-order valence-corrected chi connectivity index (χ1v) is 13.3. The van der Waals surface area contributed by atoms with E-state index in [1.54, 1.807) is 48.9 Å². The Morgan fingerprint density at radius 1 is 1.12 bits per heavy atom. The van der Waals surface area contributed by atoms with Crippen LogP contribution in [0, 0.1) is 11.8 Å². The number of imidazole rings is 1. The highest BCUT2D eigenvalue weighted by atomic mass is 35.5. The number of hydrogen-bond donors (Lipinski definition) is 3. The Kier molecular flexibility index (Phi) is 8.71. The van der Waals surface area contributed by atoms with Crippen LogP contribution in [-0.2, 0) is 20.7 Å². The highest BCUT2D eigenvalue weighted by Gasteiger charge is 2.28. The highest BCUT2D eigenvalue weighted by molar-refractivity contribution is 6.32. The maximum Gasteiger partial charge on any atom is 0.329 e. The van der Waals surface area contributed by atoms with Crippen molar-refractivity contribution in [1.29, 1.82) is 0 Å². The average Bonchev–Trinajstić information content (AvgIpc) is 3.56. The molecule has 0 aliphatic carbocycles. The molecule has 0 aliphatic rings. The third-order valence-corrected chi connectivity index (χ3v) is 6.96. The van der Waals surface area contributed by atoms with Gasteiger partial charge < -0.3 is 14.6 Å². The monoisotopic (exact) mass is 593 g/mol. The number of amides is 2. The van der Waals surface area contributed by atoms with Crippen LogP contribution in [0.25, 0.3) is 22.2 Å². The molecule has 0 saturated carbocycles. The second-order valence-electron chi connectivity index (χ2n) is 9.25. The summed E-state index contributed by atoms with van der Waals surface area (Å²) in [5.74, 6) is 10.5. The summed E-state index contributed by atoms with van der Waals surface area (Å²) in [6.45, 7) is 0. The van der Waals surface area contributed by atoms with Gasteiger partial charge in [-0.15, -0.1) is 0 Å². The number of H-pyrrole nitrogens is 1. The number of ether oxygens (including phenoxy) is 1. The second-order valence-corrected chi connectivity index (χ2v) is 9.65. The average molecular weight is 594 g/mol. The van der Waals surface area contributed by atoms with E-state index in [4.69, 9.17) is 22.2 Å². The van der Waals surface area contributed by atoms with Crippen LogP contribution in [0.15, 0.2) is 79.5 Å². The van der Waals surface area contributed by atoms with Crippen LogP contribution in [0.1, 0.15) is 27.2 Å². The standard InChI is InChI=1S/C31H24ClN7O4/c1-43-31(42)29(12-22-15-35-17-36-22)39(18-40)23-9-8-20(26(32)13-23)5-2-19-3-6-21(7-4-19)28-14-24(30(41)38-33)25-16-34-11-10-27(25)37-28/h3-4,6-11,13-18,29H,12,33H2,1H3,(H,35,36)(H,38,41). The third kappa shape index (κ3) is 6.36. The molecule has 214 valence electrons. The summed E-state index contributed by atoms with van der Waals surface area (Å²) >= 11 is 6.53. The van der Waals surface area contributed by atoms with E-state index in [1.165, 1.54) is 18.3 Å². The van der Waals surface area contributed by atoms with E-state index >= 15 is 0 Å². The summed E-state index contributed by atoms with van der Waals surface area (Å²) in [5.41, 5.74) is 6.83. The van der Waals surface area contributed by atoms with E-state index in [2.05, 4.69) is 37.2 Å². The maximum absolute atomic E-state index is 12.5. The lowest BCUT2D eigenvalue weighted by atomic mass is 10.0. The lowest BCUT2D eigenvalue weighted by molar-refractivity contribution is -0.142. The number of rotatable bonds is 8. The number of methoxy groups -OCH3 is 1. The largest absolute Gasteiger partial charge is 0.467 e. The normalized spacial score (nSPS) is 11.2. The van der Waals surface area contributed by atoms with Crippen LogP contribution in [0.3, 0.4) is 0 Å². The SMILES string of the molecule is COC(=O)C(Cc1cnc[nH]1)N(C=O)c1ccc(C#Cc2ccc(-c3cc(C(=O)NN)c4cnccc4n3)cc2)c(Cl)c1. The van der Waals surface area contributed by atoms with Crippen molar-refractivity contribution in [2.24, 2.45) is 5.84 Å². The number of hydrazine groups is 1. The highest BCUT2D eigenvalue weighted by Crippen LogP contribution is 2.27. The van der Waals surface area contributed by atoms with Gasteiger partial charge in [0, 0.05) is 58.5 Å². The Hall–Kier alpha value is -5.57. The third-order valence-electron chi connectivity index (χ3n) is 6.65. The fourth-order valence-corrected chi connectivity index (χ4v) is 4.68. The van der Waals surface area contributed by atoms with Crippen molar-refractivity contribution in [2.75, 3.05) is 12.0 Å². The van der Waals surface area contributed by atoms with Crippen LogP contribution in [0.5, 0.6) is 0 Å². The minimum Gasteiger partial charge on any atom is -0.467 e. The number of nitrogens with two attached hydrogens (primary N) is 1. The van der Waals surface area contributed by atoms with Crippen LogP contribution < -0.4 is 16.2 Å². The van der Waals surface area contributed by atoms with E-state index in [0.29, 0.717) is 56.1 Å². The topological polar surface area (TPSA) is 156 Å². The fourth-order valence-electron chi connectivity index (χ4n) is 4.46. The van der Waals surface area contributed by atoms with Crippen LogP contribution in [-0.4, -0.2) is 51.4 Å². The number of benzene rings is 2. The molecule has 5 aromatic rings. The predicted octanol–water partition coefficient (Wildman–Crippen LogP) is 3.42. The van der Waals surface area contributed by atoms with Gasteiger partial charge >= 0.3 is 5.97 Å². The summed E-state index contributed by atoms with van der Waals surface area (Å²) in [4.78, 5) is 53.8. The number of anilines is 1. The summed E-state index contributed by atoms with van der Waals surface area (Å²) in [5, 5.41) is 0.897. The lowest BCUT2D eigenvalue weighted by Gasteiger charge is -2.26. The molecular formula is C31H24ClN7O4. The van der Waals surface area contributed by atoms with Gasteiger partial charge in [0.25, 0.3) is 5.91 Å². The Labute approximate surface area is 251 Å².